The lowest BCUT2D eigenvalue weighted by molar-refractivity contribution is -0.120. The van der Waals surface area contributed by atoms with Gasteiger partial charge in [0.15, 0.2) is 6.29 Å². The molecule has 86 valence electrons. The Bertz CT molecular complexity index is 180. The number of rotatable bonds is 3. The lowest BCUT2D eigenvalue weighted by Crippen LogP contribution is -2.56. The Morgan fingerprint density at radius 3 is 2.13 bits per heavy atom. The van der Waals surface area contributed by atoms with Gasteiger partial charge in [-0.15, -0.1) is 0 Å². The summed E-state index contributed by atoms with van der Waals surface area (Å²) >= 11 is 0. The molecule has 1 N–H and O–H groups in total. The Labute approximate surface area is 91.6 Å². The SMILES string of the molecule is O=CC(N1CCCCC1)N1CCNCC1. The second-order valence-electron chi connectivity index (χ2n) is 4.43. The molecule has 0 saturated carbocycles. The van der Waals surface area contributed by atoms with Gasteiger partial charge in [0.25, 0.3) is 0 Å². The molecular formula is C11H21N3O. The molecule has 2 rings (SSSR count). The second-order valence-corrected chi connectivity index (χ2v) is 4.43. The minimum Gasteiger partial charge on any atom is -0.314 e. The van der Waals surface area contributed by atoms with E-state index in [-0.39, 0.29) is 6.17 Å². The van der Waals surface area contributed by atoms with E-state index in [9.17, 15) is 4.79 Å². The average molecular weight is 211 g/mol. The maximum atomic E-state index is 11.2. The number of carbonyl (C=O) groups is 1. The monoisotopic (exact) mass is 211 g/mol. The summed E-state index contributed by atoms with van der Waals surface area (Å²) in [5, 5.41) is 3.32. The van der Waals surface area contributed by atoms with Crippen LogP contribution >= 0.6 is 0 Å². The highest BCUT2D eigenvalue weighted by molar-refractivity contribution is 5.57. The molecule has 0 spiro atoms. The van der Waals surface area contributed by atoms with Crippen molar-refractivity contribution in [3.05, 3.63) is 0 Å². The van der Waals surface area contributed by atoms with Crippen LogP contribution in [0.4, 0.5) is 0 Å². The van der Waals surface area contributed by atoms with Gasteiger partial charge in [-0.1, -0.05) is 6.42 Å². The first kappa shape index (κ1) is 11.0. The van der Waals surface area contributed by atoms with Crippen molar-refractivity contribution >= 4 is 6.29 Å². The van der Waals surface area contributed by atoms with E-state index in [0.717, 1.165) is 45.6 Å². The van der Waals surface area contributed by atoms with Crippen molar-refractivity contribution in [1.82, 2.24) is 15.1 Å². The quantitative estimate of drug-likeness (QED) is 0.661. The highest BCUT2D eigenvalue weighted by atomic mass is 16.1. The minimum atomic E-state index is 0.0346. The molecule has 0 amide bonds. The maximum Gasteiger partial charge on any atom is 0.151 e. The minimum absolute atomic E-state index is 0.0346. The number of carbonyl (C=O) groups excluding carboxylic acids is 1. The summed E-state index contributed by atoms with van der Waals surface area (Å²) in [6.07, 6.45) is 4.97. The van der Waals surface area contributed by atoms with Crippen LogP contribution in [0.1, 0.15) is 19.3 Å². The van der Waals surface area contributed by atoms with Crippen molar-refractivity contribution in [3.8, 4) is 0 Å². The van der Waals surface area contributed by atoms with Crippen LogP contribution in [0.25, 0.3) is 0 Å². The molecule has 2 heterocycles. The fourth-order valence-corrected chi connectivity index (χ4v) is 2.53. The van der Waals surface area contributed by atoms with Gasteiger partial charge in [0.2, 0.25) is 0 Å². The standard InChI is InChI=1S/C11H21N3O/c15-10-11(13-6-2-1-3-7-13)14-8-4-12-5-9-14/h10-12H,1-9H2. The third-order valence-corrected chi connectivity index (χ3v) is 3.41. The Morgan fingerprint density at radius 1 is 0.933 bits per heavy atom. The van der Waals surface area contributed by atoms with Crippen molar-refractivity contribution in [2.24, 2.45) is 0 Å². The van der Waals surface area contributed by atoms with Gasteiger partial charge < -0.3 is 10.1 Å². The van der Waals surface area contributed by atoms with Gasteiger partial charge in [0, 0.05) is 39.3 Å². The first-order valence-corrected chi connectivity index (χ1v) is 6.06. The highest BCUT2D eigenvalue weighted by Gasteiger charge is 2.26. The largest absolute Gasteiger partial charge is 0.314 e. The highest BCUT2D eigenvalue weighted by Crippen LogP contribution is 2.14. The Kier molecular flexibility index (Phi) is 4.11. The summed E-state index contributed by atoms with van der Waals surface area (Å²) in [6.45, 7) is 6.21. The molecule has 1 atom stereocenters. The second kappa shape index (κ2) is 5.58. The number of nitrogens with one attached hydrogen (secondary N) is 1. The molecule has 15 heavy (non-hydrogen) atoms. The third kappa shape index (κ3) is 2.77. The molecule has 0 aromatic carbocycles. The van der Waals surface area contributed by atoms with E-state index >= 15 is 0 Å². The lowest BCUT2D eigenvalue weighted by Gasteiger charge is -2.40. The summed E-state index contributed by atoms with van der Waals surface area (Å²) in [4.78, 5) is 15.8. The summed E-state index contributed by atoms with van der Waals surface area (Å²) in [7, 11) is 0. The maximum absolute atomic E-state index is 11.2. The molecule has 0 aromatic rings. The van der Waals surface area contributed by atoms with Gasteiger partial charge in [-0.2, -0.15) is 0 Å². The molecule has 0 aliphatic carbocycles. The van der Waals surface area contributed by atoms with Gasteiger partial charge in [-0.25, -0.2) is 0 Å². The molecule has 0 bridgehead atoms. The first-order chi connectivity index (χ1) is 7.42. The van der Waals surface area contributed by atoms with Crippen LogP contribution in [0.2, 0.25) is 0 Å². The van der Waals surface area contributed by atoms with E-state index in [0.29, 0.717) is 0 Å². The van der Waals surface area contributed by atoms with Gasteiger partial charge >= 0.3 is 0 Å². The van der Waals surface area contributed by atoms with Crippen LogP contribution < -0.4 is 5.32 Å². The molecule has 1 unspecified atom stereocenters. The smallest absolute Gasteiger partial charge is 0.151 e. The van der Waals surface area contributed by atoms with Crippen molar-refractivity contribution in [1.29, 1.82) is 0 Å². The molecule has 0 aromatic heterocycles. The topological polar surface area (TPSA) is 35.6 Å². The number of likely N-dealkylation sites (tertiary alicyclic amines) is 1. The van der Waals surface area contributed by atoms with E-state index < -0.39 is 0 Å². The molecular weight excluding hydrogens is 190 g/mol. The molecule has 2 fully saturated rings. The zero-order valence-corrected chi connectivity index (χ0v) is 9.32. The fourth-order valence-electron chi connectivity index (χ4n) is 2.53. The van der Waals surface area contributed by atoms with E-state index in [4.69, 9.17) is 0 Å². The number of nitrogens with zero attached hydrogens (tertiary/aromatic N) is 2. The van der Waals surface area contributed by atoms with Crippen molar-refractivity contribution in [3.63, 3.8) is 0 Å². The zero-order valence-electron chi connectivity index (χ0n) is 9.32. The summed E-state index contributed by atoms with van der Waals surface area (Å²) in [5.41, 5.74) is 0. The predicted molar refractivity (Wildman–Crippen MR) is 59.7 cm³/mol. The Morgan fingerprint density at radius 2 is 1.53 bits per heavy atom. The number of piperidine rings is 1. The molecule has 4 nitrogen and oxygen atoms in total. The number of aldehydes is 1. The predicted octanol–water partition coefficient (Wildman–Crippen LogP) is -0.0975. The Hall–Kier alpha value is -0.450. The van der Waals surface area contributed by atoms with Crippen LogP contribution in [-0.4, -0.2) is 61.5 Å². The van der Waals surface area contributed by atoms with Crippen LogP contribution in [0.5, 0.6) is 0 Å². The summed E-state index contributed by atoms with van der Waals surface area (Å²) in [6, 6.07) is 0. The van der Waals surface area contributed by atoms with Crippen molar-refractivity contribution < 1.29 is 4.79 Å². The van der Waals surface area contributed by atoms with Crippen LogP contribution in [0.3, 0.4) is 0 Å². The van der Waals surface area contributed by atoms with E-state index in [1.807, 2.05) is 0 Å². The van der Waals surface area contributed by atoms with Crippen molar-refractivity contribution in [2.45, 2.75) is 25.4 Å². The number of piperazine rings is 1. The van der Waals surface area contributed by atoms with Crippen LogP contribution in [0.15, 0.2) is 0 Å². The summed E-state index contributed by atoms with van der Waals surface area (Å²) in [5.74, 6) is 0. The van der Waals surface area contributed by atoms with Gasteiger partial charge in [0.05, 0.1) is 0 Å². The van der Waals surface area contributed by atoms with E-state index in [1.165, 1.54) is 19.3 Å². The van der Waals surface area contributed by atoms with Gasteiger partial charge in [-0.3, -0.25) is 9.80 Å². The van der Waals surface area contributed by atoms with Crippen LogP contribution in [0, 0.1) is 0 Å². The number of hydrogen-bond acceptors (Lipinski definition) is 4. The zero-order chi connectivity index (χ0) is 10.5. The number of hydrogen-bond donors (Lipinski definition) is 1. The summed E-state index contributed by atoms with van der Waals surface area (Å²) < 4.78 is 0. The molecule has 0 radical (unpaired) electrons. The lowest BCUT2D eigenvalue weighted by atomic mass is 10.1. The van der Waals surface area contributed by atoms with Crippen LogP contribution in [-0.2, 0) is 4.79 Å². The van der Waals surface area contributed by atoms with Crippen molar-refractivity contribution in [2.75, 3.05) is 39.3 Å². The first-order valence-electron chi connectivity index (χ1n) is 6.06. The molecule has 4 heteroatoms. The van der Waals surface area contributed by atoms with E-state index in [2.05, 4.69) is 15.1 Å². The average Bonchev–Trinajstić information content (AvgIpc) is 2.33. The normalized spacial score (nSPS) is 27.5. The van der Waals surface area contributed by atoms with Gasteiger partial charge in [0.1, 0.15) is 6.17 Å². The molecule has 2 aliphatic heterocycles. The Balaban J connectivity index is 1.91. The fraction of sp³-hybridized carbons (Fsp3) is 0.909. The van der Waals surface area contributed by atoms with E-state index in [1.54, 1.807) is 0 Å². The van der Waals surface area contributed by atoms with Gasteiger partial charge in [-0.05, 0) is 12.8 Å². The molecule has 2 saturated heterocycles. The third-order valence-electron chi connectivity index (χ3n) is 3.41. The molecule has 2 aliphatic rings.